The van der Waals surface area contributed by atoms with E-state index in [4.69, 9.17) is 23.2 Å². The molecule has 6 heteroatoms. The normalized spacial score (nSPS) is 10.4. The molecule has 1 N–H and O–H groups in total. The van der Waals surface area contributed by atoms with Crippen LogP contribution in [0.2, 0.25) is 10.0 Å². The van der Waals surface area contributed by atoms with Crippen molar-refractivity contribution in [2.24, 2.45) is 0 Å². The molecule has 0 heterocycles. The number of unbranched alkanes of at least 4 members (excludes halogenated alkanes) is 1. The highest BCUT2D eigenvalue weighted by atomic mass is 35.5. The largest absolute Gasteiger partial charge is 0.354 e. The van der Waals surface area contributed by atoms with Crippen molar-refractivity contribution in [1.82, 2.24) is 10.2 Å². The van der Waals surface area contributed by atoms with E-state index in [9.17, 15) is 9.59 Å². The second-order valence-corrected chi connectivity index (χ2v) is 6.29. The maximum absolute atomic E-state index is 11.7. The maximum atomic E-state index is 11.7. The van der Waals surface area contributed by atoms with Gasteiger partial charge in [-0.1, -0.05) is 42.6 Å². The monoisotopic (exact) mass is 358 g/mol. The Hall–Kier alpha value is -1.26. The van der Waals surface area contributed by atoms with Crippen LogP contribution in [0.5, 0.6) is 0 Å². The topological polar surface area (TPSA) is 49.4 Å². The van der Waals surface area contributed by atoms with Crippen molar-refractivity contribution in [3.63, 3.8) is 0 Å². The molecule has 1 aromatic carbocycles. The van der Waals surface area contributed by atoms with Gasteiger partial charge in [0.05, 0.1) is 0 Å². The number of rotatable bonds is 9. The van der Waals surface area contributed by atoms with Gasteiger partial charge in [-0.3, -0.25) is 9.59 Å². The molecule has 0 aromatic heterocycles. The summed E-state index contributed by atoms with van der Waals surface area (Å²) in [4.78, 5) is 25.0. The first-order chi connectivity index (χ1) is 10.9. The van der Waals surface area contributed by atoms with Gasteiger partial charge >= 0.3 is 0 Å². The molecule has 0 saturated heterocycles. The Kier molecular flexibility index (Phi) is 9.03. The van der Waals surface area contributed by atoms with Crippen LogP contribution < -0.4 is 5.32 Å². The van der Waals surface area contributed by atoms with E-state index in [1.807, 2.05) is 13.0 Å². The van der Waals surface area contributed by atoms with Crippen LogP contribution in [0.4, 0.5) is 0 Å². The van der Waals surface area contributed by atoms with Gasteiger partial charge in [-0.05, 0) is 30.5 Å². The number of nitrogens with one attached hydrogen (secondary N) is 1. The molecule has 0 aliphatic carbocycles. The Morgan fingerprint density at radius 2 is 1.96 bits per heavy atom. The van der Waals surface area contributed by atoms with E-state index in [1.54, 1.807) is 17.0 Å². The molecule has 1 rings (SSSR count). The first-order valence-electron chi connectivity index (χ1n) is 7.90. The summed E-state index contributed by atoms with van der Waals surface area (Å²) in [6.45, 7) is 5.10. The van der Waals surface area contributed by atoms with E-state index >= 15 is 0 Å². The predicted octanol–water partition coefficient (Wildman–Crippen LogP) is 3.69. The standard InChI is InChI=1S/C17H24Cl2N2O2/c1-3-4-5-17(23)20-9-11-21(13(2)22)10-8-14-6-7-15(18)12-16(14)19/h6-7,12H,3-5,8-11H2,1-2H3,(H,20,23). The van der Waals surface area contributed by atoms with Crippen molar-refractivity contribution in [3.05, 3.63) is 33.8 Å². The molecule has 0 atom stereocenters. The molecule has 1 aromatic rings. The van der Waals surface area contributed by atoms with Gasteiger partial charge < -0.3 is 10.2 Å². The number of nitrogens with zero attached hydrogens (tertiary/aromatic N) is 1. The predicted molar refractivity (Wildman–Crippen MR) is 95.0 cm³/mol. The van der Waals surface area contributed by atoms with Gasteiger partial charge in [-0.25, -0.2) is 0 Å². The minimum atomic E-state index is -0.0158. The first-order valence-corrected chi connectivity index (χ1v) is 8.65. The zero-order valence-electron chi connectivity index (χ0n) is 13.7. The van der Waals surface area contributed by atoms with Crippen LogP contribution >= 0.6 is 23.2 Å². The van der Waals surface area contributed by atoms with E-state index in [1.165, 1.54) is 6.92 Å². The minimum Gasteiger partial charge on any atom is -0.354 e. The molecule has 2 amide bonds. The fraction of sp³-hybridized carbons (Fsp3) is 0.529. The van der Waals surface area contributed by atoms with Gasteiger partial charge in [0.2, 0.25) is 11.8 Å². The summed E-state index contributed by atoms with van der Waals surface area (Å²) in [6.07, 6.45) is 3.07. The summed E-state index contributed by atoms with van der Waals surface area (Å²) in [5.41, 5.74) is 0.953. The zero-order chi connectivity index (χ0) is 17.2. The van der Waals surface area contributed by atoms with Crippen LogP contribution in [0, 0.1) is 0 Å². The number of hydrogen-bond donors (Lipinski definition) is 1. The number of halogens is 2. The molecule has 0 unspecified atom stereocenters. The Bertz CT molecular complexity index is 535. The van der Waals surface area contributed by atoms with E-state index in [0.29, 0.717) is 42.5 Å². The molecular formula is C17H24Cl2N2O2. The van der Waals surface area contributed by atoms with Gasteiger partial charge in [-0.15, -0.1) is 0 Å². The summed E-state index contributed by atoms with van der Waals surface area (Å²) in [7, 11) is 0. The molecule has 128 valence electrons. The van der Waals surface area contributed by atoms with Crippen molar-refractivity contribution in [3.8, 4) is 0 Å². The van der Waals surface area contributed by atoms with Crippen molar-refractivity contribution in [1.29, 1.82) is 0 Å². The minimum absolute atomic E-state index is 0.0158. The lowest BCUT2D eigenvalue weighted by molar-refractivity contribution is -0.129. The Morgan fingerprint density at radius 1 is 1.22 bits per heavy atom. The van der Waals surface area contributed by atoms with Crippen LogP contribution in [0.3, 0.4) is 0 Å². The Balaban J connectivity index is 2.43. The van der Waals surface area contributed by atoms with Crippen molar-refractivity contribution >= 4 is 35.0 Å². The van der Waals surface area contributed by atoms with Gasteiger partial charge in [0.15, 0.2) is 0 Å². The lowest BCUT2D eigenvalue weighted by Crippen LogP contribution is -2.38. The molecule has 0 fully saturated rings. The third-order valence-electron chi connectivity index (χ3n) is 3.57. The van der Waals surface area contributed by atoms with Gasteiger partial charge in [-0.2, -0.15) is 0 Å². The smallest absolute Gasteiger partial charge is 0.220 e. The number of hydrogen-bond acceptors (Lipinski definition) is 2. The summed E-state index contributed by atoms with van der Waals surface area (Å²) in [6, 6.07) is 5.36. The third-order valence-corrected chi connectivity index (χ3v) is 4.16. The molecule has 0 radical (unpaired) electrons. The molecule has 4 nitrogen and oxygen atoms in total. The summed E-state index contributed by atoms with van der Waals surface area (Å²) >= 11 is 12.0. The fourth-order valence-electron chi connectivity index (χ4n) is 2.16. The van der Waals surface area contributed by atoms with Crippen LogP contribution in [0.25, 0.3) is 0 Å². The van der Waals surface area contributed by atoms with Crippen molar-refractivity contribution in [2.45, 2.75) is 39.5 Å². The fourth-order valence-corrected chi connectivity index (χ4v) is 2.67. The van der Waals surface area contributed by atoms with E-state index < -0.39 is 0 Å². The molecule has 0 saturated carbocycles. The molecule has 0 spiro atoms. The van der Waals surface area contributed by atoms with Crippen molar-refractivity contribution < 1.29 is 9.59 Å². The Labute approximate surface area is 148 Å². The third kappa shape index (κ3) is 7.71. The average molecular weight is 359 g/mol. The lowest BCUT2D eigenvalue weighted by Gasteiger charge is -2.21. The summed E-state index contributed by atoms with van der Waals surface area (Å²) in [5, 5.41) is 4.04. The molecule has 0 aliphatic heterocycles. The lowest BCUT2D eigenvalue weighted by atomic mass is 10.1. The summed E-state index contributed by atoms with van der Waals surface area (Å²) < 4.78 is 0. The van der Waals surface area contributed by atoms with Crippen molar-refractivity contribution in [2.75, 3.05) is 19.6 Å². The maximum Gasteiger partial charge on any atom is 0.220 e. The number of amides is 2. The Morgan fingerprint density at radius 3 is 2.57 bits per heavy atom. The van der Waals surface area contributed by atoms with E-state index in [-0.39, 0.29) is 11.8 Å². The summed E-state index contributed by atoms with van der Waals surface area (Å²) in [5.74, 6) is 0.0222. The molecule has 23 heavy (non-hydrogen) atoms. The highest BCUT2D eigenvalue weighted by Gasteiger charge is 2.10. The van der Waals surface area contributed by atoms with Gasteiger partial charge in [0.25, 0.3) is 0 Å². The van der Waals surface area contributed by atoms with Gasteiger partial charge in [0.1, 0.15) is 0 Å². The molecule has 0 aliphatic rings. The van der Waals surface area contributed by atoms with Gasteiger partial charge in [0, 0.05) is 43.0 Å². The van der Waals surface area contributed by atoms with Crippen LogP contribution in [-0.2, 0) is 16.0 Å². The van der Waals surface area contributed by atoms with Crippen LogP contribution in [0.1, 0.15) is 38.7 Å². The average Bonchev–Trinajstić information content (AvgIpc) is 2.49. The van der Waals surface area contributed by atoms with E-state index in [0.717, 1.165) is 18.4 Å². The van der Waals surface area contributed by atoms with Crippen LogP contribution in [-0.4, -0.2) is 36.3 Å². The zero-order valence-corrected chi connectivity index (χ0v) is 15.2. The second-order valence-electron chi connectivity index (χ2n) is 5.45. The SMILES string of the molecule is CCCCC(=O)NCCN(CCc1ccc(Cl)cc1Cl)C(C)=O. The molecule has 0 bridgehead atoms. The highest BCUT2D eigenvalue weighted by molar-refractivity contribution is 6.35. The highest BCUT2D eigenvalue weighted by Crippen LogP contribution is 2.21. The quantitative estimate of drug-likeness (QED) is 0.731. The molecular weight excluding hydrogens is 335 g/mol. The second kappa shape index (κ2) is 10.5. The van der Waals surface area contributed by atoms with E-state index in [2.05, 4.69) is 5.32 Å². The van der Waals surface area contributed by atoms with Crippen LogP contribution in [0.15, 0.2) is 18.2 Å². The number of benzene rings is 1. The first kappa shape index (κ1) is 19.8. The number of carbonyl (C=O) groups excluding carboxylic acids is 2. The number of carbonyl (C=O) groups is 2.